The van der Waals surface area contributed by atoms with E-state index < -0.39 is 9.84 Å². The highest BCUT2D eigenvalue weighted by molar-refractivity contribution is 7.90. The SMILES string of the molecule is CC1(C)CN(C(=O)c2ccc(S(C)(=O)=O)cc2)CCC1N. The minimum absolute atomic E-state index is 0.0740. The summed E-state index contributed by atoms with van der Waals surface area (Å²) >= 11 is 0. The van der Waals surface area contributed by atoms with E-state index in [0.29, 0.717) is 18.7 Å². The second-order valence-corrected chi connectivity index (χ2v) is 8.42. The summed E-state index contributed by atoms with van der Waals surface area (Å²) < 4.78 is 22.9. The van der Waals surface area contributed by atoms with Crippen LogP contribution in [0, 0.1) is 5.41 Å². The largest absolute Gasteiger partial charge is 0.338 e. The summed E-state index contributed by atoms with van der Waals surface area (Å²) in [5.74, 6) is -0.0740. The molecule has 0 aromatic heterocycles. The number of amides is 1. The lowest BCUT2D eigenvalue weighted by molar-refractivity contribution is 0.0533. The van der Waals surface area contributed by atoms with Gasteiger partial charge in [-0.1, -0.05) is 13.8 Å². The molecule has 1 aliphatic rings. The molecule has 21 heavy (non-hydrogen) atoms. The van der Waals surface area contributed by atoms with E-state index in [1.807, 2.05) is 0 Å². The van der Waals surface area contributed by atoms with Crippen LogP contribution in [0.15, 0.2) is 29.2 Å². The molecule has 1 saturated heterocycles. The average Bonchev–Trinajstić information content (AvgIpc) is 2.40. The molecule has 5 nitrogen and oxygen atoms in total. The van der Waals surface area contributed by atoms with Gasteiger partial charge >= 0.3 is 0 Å². The highest BCUT2D eigenvalue weighted by Gasteiger charge is 2.35. The number of nitrogens with zero attached hydrogens (tertiary/aromatic N) is 1. The van der Waals surface area contributed by atoms with Crippen LogP contribution in [0.4, 0.5) is 0 Å². The van der Waals surface area contributed by atoms with Crippen molar-refractivity contribution < 1.29 is 13.2 Å². The number of likely N-dealkylation sites (tertiary alicyclic amines) is 1. The molecule has 116 valence electrons. The number of piperidine rings is 1. The van der Waals surface area contributed by atoms with Gasteiger partial charge in [-0.3, -0.25) is 4.79 Å². The van der Waals surface area contributed by atoms with Crippen LogP contribution in [-0.4, -0.2) is 44.6 Å². The second kappa shape index (κ2) is 5.42. The third kappa shape index (κ3) is 3.44. The van der Waals surface area contributed by atoms with Crippen molar-refractivity contribution in [1.82, 2.24) is 4.90 Å². The molecule has 0 saturated carbocycles. The fourth-order valence-corrected chi connectivity index (χ4v) is 3.20. The van der Waals surface area contributed by atoms with Crippen LogP contribution < -0.4 is 5.73 Å². The molecule has 1 aromatic carbocycles. The predicted octanol–water partition coefficient (Wildman–Crippen LogP) is 1.29. The lowest BCUT2D eigenvalue weighted by Gasteiger charge is -2.42. The topological polar surface area (TPSA) is 80.5 Å². The number of sulfone groups is 1. The third-order valence-corrected chi connectivity index (χ3v) is 5.26. The molecule has 0 bridgehead atoms. The molecule has 1 aromatic rings. The zero-order chi connectivity index (χ0) is 15.8. The number of carbonyl (C=O) groups is 1. The molecule has 0 radical (unpaired) electrons. The molecule has 1 unspecified atom stereocenters. The van der Waals surface area contributed by atoms with Gasteiger partial charge in [-0.2, -0.15) is 0 Å². The van der Waals surface area contributed by atoms with Gasteiger partial charge in [0.15, 0.2) is 9.84 Å². The van der Waals surface area contributed by atoms with Crippen LogP contribution in [0.2, 0.25) is 0 Å². The Morgan fingerprint density at radius 2 is 1.86 bits per heavy atom. The van der Waals surface area contributed by atoms with Crippen LogP contribution in [0.3, 0.4) is 0 Å². The molecule has 0 spiro atoms. The van der Waals surface area contributed by atoms with Crippen LogP contribution in [0.1, 0.15) is 30.6 Å². The number of rotatable bonds is 2. The minimum atomic E-state index is -3.24. The average molecular weight is 310 g/mol. The summed E-state index contributed by atoms with van der Waals surface area (Å²) in [5.41, 5.74) is 6.47. The van der Waals surface area contributed by atoms with Gasteiger partial charge in [-0.05, 0) is 36.1 Å². The zero-order valence-corrected chi connectivity index (χ0v) is 13.5. The first-order valence-electron chi connectivity index (χ1n) is 6.96. The summed E-state index contributed by atoms with van der Waals surface area (Å²) in [6, 6.07) is 6.18. The number of nitrogens with two attached hydrogens (primary N) is 1. The molecule has 6 heteroatoms. The van der Waals surface area contributed by atoms with E-state index in [0.717, 1.165) is 12.7 Å². The van der Waals surface area contributed by atoms with Crippen LogP contribution in [0.25, 0.3) is 0 Å². The van der Waals surface area contributed by atoms with E-state index >= 15 is 0 Å². The molecule has 0 aliphatic carbocycles. The molecular formula is C15H22N2O3S. The highest BCUT2D eigenvalue weighted by atomic mass is 32.2. The van der Waals surface area contributed by atoms with Gasteiger partial charge < -0.3 is 10.6 Å². The number of hydrogen-bond donors (Lipinski definition) is 1. The van der Waals surface area contributed by atoms with Crippen molar-refractivity contribution in [1.29, 1.82) is 0 Å². The molecule has 1 heterocycles. The molecule has 2 N–H and O–H groups in total. The Kier molecular flexibility index (Phi) is 4.13. The number of benzene rings is 1. The highest BCUT2D eigenvalue weighted by Crippen LogP contribution is 2.28. The van der Waals surface area contributed by atoms with Crippen molar-refractivity contribution in [3.05, 3.63) is 29.8 Å². The van der Waals surface area contributed by atoms with Crippen LogP contribution in [-0.2, 0) is 9.84 Å². The Labute approximate surface area is 126 Å². The van der Waals surface area contributed by atoms with Gasteiger partial charge in [0.1, 0.15) is 0 Å². The van der Waals surface area contributed by atoms with E-state index in [4.69, 9.17) is 5.73 Å². The second-order valence-electron chi connectivity index (χ2n) is 6.41. The van der Waals surface area contributed by atoms with Crippen molar-refractivity contribution >= 4 is 15.7 Å². The predicted molar refractivity (Wildman–Crippen MR) is 81.8 cm³/mol. The van der Waals surface area contributed by atoms with E-state index in [9.17, 15) is 13.2 Å². The molecule has 1 fully saturated rings. The summed E-state index contributed by atoms with van der Waals surface area (Å²) in [4.78, 5) is 14.5. The van der Waals surface area contributed by atoms with Gasteiger partial charge in [0.2, 0.25) is 0 Å². The van der Waals surface area contributed by atoms with Gasteiger partial charge in [0.25, 0.3) is 5.91 Å². The first kappa shape index (κ1) is 16.0. The minimum Gasteiger partial charge on any atom is -0.338 e. The van der Waals surface area contributed by atoms with Crippen molar-refractivity contribution in [2.24, 2.45) is 11.1 Å². The van der Waals surface area contributed by atoms with Crippen molar-refractivity contribution in [2.75, 3.05) is 19.3 Å². The lowest BCUT2D eigenvalue weighted by Crippen LogP contribution is -2.53. The quantitative estimate of drug-likeness (QED) is 0.892. The maximum atomic E-state index is 12.5. The maximum absolute atomic E-state index is 12.5. The fraction of sp³-hybridized carbons (Fsp3) is 0.533. The smallest absolute Gasteiger partial charge is 0.253 e. The zero-order valence-electron chi connectivity index (χ0n) is 12.7. The van der Waals surface area contributed by atoms with E-state index in [1.165, 1.54) is 12.1 Å². The Hall–Kier alpha value is -1.40. The van der Waals surface area contributed by atoms with Gasteiger partial charge in [-0.25, -0.2) is 8.42 Å². The Balaban J connectivity index is 2.17. The van der Waals surface area contributed by atoms with E-state index in [1.54, 1.807) is 17.0 Å². The van der Waals surface area contributed by atoms with Gasteiger partial charge in [-0.15, -0.1) is 0 Å². The van der Waals surface area contributed by atoms with Crippen molar-refractivity contribution in [2.45, 2.75) is 31.2 Å². The molecule has 1 atom stereocenters. The summed E-state index contributed by atoms with van der Waals surface area (Å²) in [6.45, 7) is 5.37. The summed E-state index contributed by atoms with van der Waals surface area (Å²) in [5, 5.41) is 0. The van der Waals surface area contributed by atoms with E-state index in [2.05, 4.69) is 13.8 Å². The van der Waals surface area contributed by atoms with Crippen molar-refractivity contribution in [3.63, 3.8) is 0 Å². The first-order valence-corrected chi connectivity index (χ1v) is 8.85. The molecule has 1 aliphatic heterocycles. The van der Waals surface area contributed by atoms with Gasteiger partial charge in [0.05, 0.1) is 4.90 Å². The Bertz CT molecular complexity index is 635. The standard InChI is InChI=1S/C15H22N2O3S/c1-15(2)10-17(9-8-13(15)16)14(18)11-4-6-12(7-5-11)21(3,19)20/h4-7,13H,8-10,16H2,1-3H3. The Morgan fingerprint density at radius 3 is 2.33 bits per heavy atom. The van der Waals surface area contributed by atoms with E-state index in [-0.39, 0.29) is 22.3 Å². The molecule has 2 rings (SSSR count). The van der Waals surface area contributed by atoms with Crippen LogP contribution >= 0.6 is 0 Å². The van der Waals surface area contributed by atoms with Crippen LogP contribution in [0.5, 0.6) is 0 Å². The Morgan fingerprint density at radius 1 is 1.29 bits per heavy atom. The normalized spacial score (nSPS) is 22.1. The third-order valence-electron chi connectivity index (χ3n) is 4.13. The summed E-state index contributed by atoms with van der Waals surface area (Å²) in [7, 11) is -3.24. The van der Waals surface area contributed by atoms with Crippen molar-refractivity contribution in [3.8, 4) is 0 Å². The first-order chi connectivity index (χ1) is 9.61. The lowest BCUT2D eigenvalue weighted by atomic mass is 9.79. The molecule has 1 amide bonds. The molecular weight excluding hydrogens is 288 g/mol. The summed E-state index contributed by atoms with van der Waals surface area (Å²) in [6.07, 6.45) is 1.93. The fourth-order valence-electron chi connectivity index (χ4n) is 2.57. The number of carbonyl (C=O) groups excluding carboxylic acids is 1. The maximum Gasteiger partial charge on any atom is 0.253 e. The monoisotopic (exact) mass is 310 g/mol. The number of hydrogen-bond acceptors (Lipinski definition) is 4. The van der Waals surface area contributed by atoms with Gasteiger partial charge in [0, 0.05) is 31.0 Å².